The molecule has 51 heavy (non-hydrogen) atoms. The predicted molar refractivity (Wildman–Crippen MR) is 204 cm³/mol. The van der Waals surface area contributed by atoms with Crippen LogP contribution in [0.2, 0.25) is 0 Å². The Morgan fingerprint density at radius 1 is 0.941 bits per heavy atom. The van der Waals surface area contributed by atoms with Crippen molar-refractivity contribution in [3.8, 4) is 0 Å². The topological polar surface area (TPSA) is 120 Å². The minimum atomic E-state index is -0.697. The monoisotopic (exact) mass is 714 g/mol. The van der Waals surface area contributed by atoms with Crippen LogP contribution in [0.15, 0.2) is 42.0 Å². The Morgan fingerprint density at radius 3 is 2.06 bits per heavy atom. The van der Waals surface area contributed by atoms with Gasteiger partial charge in [-0.1, -0.05) is 77.4 Å². The van der Waals surface area contributed by atoms with Crippen LogP contribution in [0.1, 0.15) is 100.0 Å². The maximum Gasteiger partial charge on any atom is 0.325 e. The molecule has 11 heteroatoms. The lowest BCUT2D eigenvalue weighted by Gasteiger charge is -2.32. The van der Waals surface area contributed by atoms with Crippen LogP contribution in [0.5, 0.6) is 0 Å². The molecule has 2 heterocycles. The van der Waals surface area contributed by atoms with Crippen molar-refractivity contribution in [1.29, 1.82) is 0 Å². The molecule has 1 aromatic rings. The van der Waals surface area contributed by atoms with Crippen LogP contribution in [0.3, 0.4) is 0 Å². The number of likely N-dealkylation sites (tertiary alicyclic amines) is 2. The van der Waals surface area contributed by atoms with E-state index in [0.29, 0.717) is 31.4 Å². The van der Waals surface area contributed by atoms with E-state index in [9.17, 15) is 24.0 Å². The molecule has 2 aliphatic heterocycles. The summed E-state index contributed by atoms with van der Waals surface area (Å²) >= 11 is 0. The smallest absolute Gasteiger partial charge is 0.325 e. The number of nitrogens with one attached hydrogen (secondary N) is 1. The summed E-state index contributed by atoms with van der Waals surface area (Å²) in [6, 6.07) is 9.06. The summed E-state index contributed by atoms with van der Waals surface area (Å²) in [7, 11) is 1.63. The lowest BCUT2D eigenvalue weighted by molar-refractivity contribution is -0.151. The Labute approximate surface area is 308 Å². The SMILES string of the molecule is CC(C)C.CC(C)N1CCCCC1.CCOC(=O)CN(Cc1ccccc1)C(=O)[C@@H]1CCCN1C(=O)/C(C)=C/[C@H](C(C)C)N(C)C(=O)CNC=O. The summed E-state index contributed by atoms with van der Waals surface area (Å²) in [5.74, 6) is -0.524. The van der Waals surface area contributed by atoms with Gasteiger partial charge in [0.1, 0.15) is 12.6 Å². The minimum Gasteiger partial charge on any atom is -0.465 e. The van der Waals surface area contributed by atoms with Gasteiger partial charge in [-0.3, -0.25) is 24.0 Å². The largest absolute Gasteiger partial charge is 0.465 e. The highest BCUT2D eigenvalue weighted by Gasteiger charge is 2.38. The van der Waals surface area contributed by atoms with Gasteiger partial charge in [0.25, 0.3) is 0 Å². The summed E-state index contributed by atoms with van der Waals surface area (Å²) in [5, 5.41) is 2.37. The summed E-state index contributed by atoms with van der Waals surface area (Å²) < 4.78 is 5.09. The molecule has 0 aromatic heterocycles. The lowest BCUT2D eigenvalue weighted by atomic mass is 9.99. The van der Waals surface area contributed by atoms with Gasteiger partial charge < -0.3 is 29.7 Å². The van der Waals surface area contributed by atoms with Crippen molar-refractivity contribution in [1.82, 2.24) is 24.9 Å². The van der Waals surface area contributed by atoms with Gasteiger partial charge in [-0.15, -0.1) is 0 Å². The minimum absolute atomic E-state index is 0.00452. The molecule has 4 amide bonds. The third-order valence-electron chi connectivity index (χ3n) is 8.69. The molecule has 0 spiro atoms. The molecule has 2 fully saturated rings. The number of carbonyl (C=O) groups excluding carboxylic acids is 5. The average Bonchev–Trinajstić information content (AvgIpc) is 3.59. The van der Waals surface area contributed by atoms with Crippen LogP contribution < -0.4 is 5.32 Å². The van der Waals surface area contributed by atoms with E-state index in [2.05, 4.69) is 44.8 Å². The fourth-order valence-electron chi connectivity index (χ4n) is 6.02. The Hall–Kier alpha value is -3.73. The molecule has 11 nitrogen and oxygen atoms in total. The second kappa shape index (κ2) is 24.5. The van der Waals surface area contributed by atoms with Crippen molar-refractivity contribution in [3.63, 3.8) is 0 Å². The van der Waals surface area contributed by atoms with Crippen molar-refractivity contribution in [2.24, 2.45) is 11.8 Å². The van der Waals surface area contributed by atoms with Crippen molar-refractivity contribution < 1.29 is 28.7 Å². The van der Waals surface area contributed by atoms with Gasteiger partial charge >= 0.3 is 5.97 Å². The van der Waals surface area contributed by atoms with Crippen molar-refractivity contribution >= 4 is 30.1 Å². The predicted octanol–water partition coefficient (Wildman–Crippen LogP) is 5.29. The molecule has 0 bridgehead atoms. The molecule has 3 rings (SSSR count). The fraction of sp³-hybridized carbons (Fsp3) is 0.675. The Balaban J connectivity index is 0.000000836. The standard InChI is InChI=1S/C28H40N4O6.C8H17N.C4H10/c1-6-38-26(35)18-31(17-22-11-8-7-9-12-22)28(37)23-13-10-14-32(23)27(36)21(4)15-24(20(2)3)30(5)25(34)16-29-19-33;1-8(2)9-6-4-3-5-7-9;1-4(2)3/h7-9,11-12,15,19-20,23-24H,6,10,13-14,16-18H2,1-5H3,(H,29,33);8H,3-7H2,1-2H3;4H,1-3H3/b21-15+;;/t23-,24+;;/m0../s1. The van der Waals surface area contributed by atoms with Crippen LogP contribution in [0.25, 0.3) is 0 Å². The van der Waals surface area contributed by atoms with Gasteiger partial charge in [0.2, 0.25) is 24.1 Å². The highest BCUT2D eigenvalue weighted by molar-refractivity contribution is 5.97. The van der Waals surface area contributed by atoms with Crippen molar-refractivity contribution in [3.05, 3.63) is 47.5 Å². The van der Waals surface area contributed by atoms with Crippen LogP contribution in [-0.2, 0) is 35.3 Å². The van der Waals surface area contributed by atoms with E-state index in [1.165, 1.54) is 42.2 Å². The van der Waals surface area contributed by atoms with E-state index in [1.807, 2.05) is 44.2 Å². The van der Waals surface area contributed by atoms with E-state index in [-0.39, 0.29) is 55.9 Å². The maximum absolute atomic E-state index is 13.7. The zero-order valence-electron chi connectivity index (χ0n) is 33.2. The zero-order chi connectivity index (χ0) is 38.5. The highest BCUT2D eigenvalue weighted by Crippen LogP contribution is 2.24. The molecule has 0 aliphatic carbocycles. The second-order valence-electron chi connectivity index (χ2n) is 14.7. The van der Waals surface area contributed by atoms with Crippen LogP contribution in [0.4, 0.5) is 0 Å². The molecule has 1 aromatic carbocycles. The molecule has 288 valence electrons. The normalized spacial score (nSPS) is 16.8. The van der Waals surface area contributed by atoms with E-state index in [0.717, 1.165) is 17.5 Å². The summed E-state index contributed by atoms with van der Waals surface area (Å²) in [5.41, 5.74) is 1.29. The van der Waals surface area contributed by atoms with Crippen LogP contribution in [-0.4, -0.2) is 114 Å². The molecule has 0 unspecified atom stereocenters. The number of carbonyl (C=O) groups is 5. The average molecular weight is 714 g/mol. The molecule has 0 radical (unpaired) electrons. The van der Waals surface area contributed by atoms with E-state index in [1.54, 1.807) is 31.9 Å². The number of esters is 1. The molecular weight excluding hydrogens is 646 g/mol. The van der Waals surface area contributed by atoms with Gasteiger partial charge in [0.05, 0.1) is 19.2 Å². The summed E-state index contributed by atoms with van der Waals surface area (Å²) in [4.78, 5) is 69.6. The first kappa shape index (κ1) is 45.3. The summed E-state index contributed by atoms with van der Waals surface area (Å²) in [6.45, 7) is 21.5. The van der Waals surface area contributed by atoms with Gasteiger partial charge in [0, 0.05) is 31.8 Å². The first-order valence-corrected chi connectivity index (χ1v) is 18.8. The lowest BCUT2D eigenvalue weighted by Crippen LogP contribution is -2.49. The highest BCUT2D eigenvalue weighted by atomic mass is 16.5. The Morgan fingerprint density at radius 2 is 1.55 bits per heavy atom. The van der Waals surface area contributed by atoms with Gasteiger partial charge in [-0.05, 0) is 83.9 Å². The zero-order valence-corrected chi connectivity index (χ0v) is 33.2. The van der Waals surface area contributed by atoms with Gasteiger partial charge in [-0.2, -0.15) is 0 Å². The Kier molecular flexibility index (Phi) is 21.7. The molecule has 1 N–H and O–H groups in total. The number of hydrogen-bond acceptors (Lipinski definition) is 7. The third-order valence-corrected chi connectivity index (χ3v) is 8.69. The number of hydrogen-bond donors (Lipinski definition) is 1. The van der Waals surface area contributed by atoms with E-state index < -0.39 is 12.0 Å². The number of nitrogens with zero attached hydrogens (tertiary/aromatic N) is 4. The molecular formula is C40H67N5O6. The third kappa shape index (κ3) is 16.9. The number of likely N-dealkylation sites (N-methyl/N-ethyl adjacent to an activating group) is 1. The molecule has 2 saturated heterocycles. The van der Waals surface area contributed by atoms with Crippen molar-refractivity contribution in [2.45, 2.75) is 119 Å². The number of amides is 4. The Bertz CT molecular complexity index is 1230. The van der Waals surface area contributed by atoms with Gasteiger partial charge in [-0.25, -0.2) is 0 Å². The number of rotatable bonds is 14. The number of piperidine rings is 1. The molecule has 2 atom stereocenters. The fourth-order valence-corrected chi connectivity index (χ4v) is 6.02. The van der Waals surface area contributed by atoms with E-state index >= 15 is 0 Å². The molecule has 0 saturated carbocycles. The van der Waals surface area contributed by atoms with Crippen LogP contribution >= 0.6 is 0 Å². The quantitative estimate of drug-likeness (QED) is 0.158. The number of benzene rings is 1. The number of ether oxygens (including phenoxy) is 1. The first-order chi connectivity index (χ1) is 24.1. The first-order valence-electron chi connectivity index (χ1n) is 18.8. The maximum atomic E-state index is 13.7. The second-order valence-corrected chi connectivity index (χ2v) is 14.7. The molecule has 2 aliphatic rings. The van der Waals surface area contributed by atoms with Crippen molar-refractivity contribution in [2.75, 3.05) is 46.4 Å². The summed E-state index contributed by atoms with van der Waals surface area (Å²) in [6.07, 6.45) is 7.65. The van der Waals surface area contributed by atoms with E-state index in [4.69, 9.17) is 4.74 Å². The van der Waals surface area contributed by atoms with Crippen LogP contribution in [0, 0.1) is 11.8 Å². The van der Waals surface area contributed by atoms with Gasteiger partial charge in [0.15, 0.2) is 0 Å².